The molecular weight excluding hydrogens is 350 g/mol. The Hall–Kier alpha value is -2.73. The number of nitrogens with zero attached hydrogens (tertiary/aromatic N) is 1. The van der Waals surface area contributed by atoms with Gasteiger partial charge >= 0.3 is 0 Å². The van der Waals surface area contributed by atoms with Crippen LogP contribution < -0.4 is 18.9 Å². The molecule has 0 bridgehead atoms. The third kappa shape index (κ3) is 3.32. The first kappa shape index (κ1) is 18.1. The Labute approximate surface area is 157 Å². The second kappa shape index (κ2) is 7.66. The average Bonchev–Trinajstić information content (AvgIpc) is 3.08. The molecule has 0 aliphatic carbocycles. The molecule has 0 amide bonds. The number of aromatic nitrogens is 1. The molecule has 6 heteroatoms. The fourth-order valence-electron chi connectivity index (χ4n) is 2.73. The maximum atomic E-state index is 5.53. The van der Waals surface area contributed by atoms with Crippen LogP contribution in [0.3, 0.4) is 0 Å². The zero-order valence-electron chi connectivity index (χ0n) is 15.5. The van der Waals surface area contributed by atoms with E-state index >= 15 is 0 Å². The summed E-state index contributed by atoms with van der Waals surface area (Å²) in [6.45, 7) is 2.06. The first-order valence-electron chi connectivity index (χ1n) is 8.03. The van der Waals surface area contributed by atoms with Gasteiger partial charge < -0.3 is 18.9 Å². The van der Waals surface area contributed by atoms with Gasteiger partial charge in [0.2, 0.25) is 0 Å². The lowest BCUT2D eigenvalue weighted by molar-refractivity contribution is 0.355. The highest BCUT2D eigenvalue weighted by molar-refractivity contribution is 7.15. The number of aryl methyl sites for hydroxylation is 1. The van der Waals surface area contributed by atoms with Crippen molar-refractivity contribution in [1.29, 1.82) is 0 Å². The minimum absolute atomic E-state index is 0.682. The average molecular weight is 371 g/mol. The predicted molar refractivity (Wildman–Crippen MR) is 104 cm³/mol. The first-order chi connectivity index (χ1) is 12.6. The van der Waals surface area contributed by atoms with Crippen LogP contribution in [0.1, 0.15) is 4.88 Å². The molecule has 136 valence electrons. The lowest BCUT2D eigenvalue weighted by Crippen LogP contribution is -1.92. The first-order valence-corrected chi connectivity index (χ1v) is 8.85. The number of methoxy groups -OCH3 is 4. The Morgan fingerprint density at radius 1 is 0.769 bits per heavy atom. The number of benzene rings is 2. The van der Waals surface area contributed by atoms with Crippen molar-refractivity contribution in [1.82, 2.24) is 4.98 Å². The van der Waals surface area contributed by atoms with Crippen molar-refractivity contribution < 1.29 is 18.9 Å². The monoisotopic (exact) mass is 371 g/mol. The van der Waals surface area contributed by atoms with E-state index in [0.29, 0.717) is 11.5 Å². The highest BCUT2D eigenvalue weighted by atomic mass is 32.1. The number of hydrogen-bond donors (Lipinski definition) is 0. The van der Waals surface area contributed by atoms with Crippen LogP contribution in [0.2, 0.25) is 0 Å². The predicted octanol–water partition coefficient (Wildman–Crippen LogP) is 4.82. The summed E-state index contributed by atoms with van der Waals surface area (Å²) in [5.74, 6) is 2.86. The quantitative estimate of drug-likeness (QED) is 0.622. The Bertz CT molecular complexity index is 920. The summed E-state index contributed by atoms with van der Waals surface area (Å²) in [5, 5.41) is 0.913. The van der Waals surface area contributed by atoms with Gasteiger partial charge in [-0.25, -0.2) is 4.98 Å². The van der Waals surface area contributed by atoms with Crippen molar-refractivity contribution in [2.45, 2.75) is 6.92 Å². The van der Waals surface area contributed by atoms with Gasteiger partial charge in [-0.2, -0.15) is 0 Å². The van der Waals surface area contributed by atoms with Crippen LogP contribution in [0.4, 0.5) is 0 Å². The highest BCUT2D eigenvalue weighted by Gasteiger charge is 2.17. The molecule has 0 saturated carbocycles. The van der Waals surface area contributed by atoms with Crippen LogP contribution >= 0.6 is 11.3 Å². The minimum Gasteiger partial charge on any atom is -0.497 e. The van der Waals surface area contributed by atoms with E-state index in [1.807, 2.05) is 36.4 Å². The molecule has 0 aliphatic rings. The topological polar surface area (TPSA) is 49.8 Å². The van der Waals surface area contributed by atoms with Gasteiger partial charge in [0.25, 0.3) is 0 Å². The molecule has 0 aliphatic heterocycles. The second-order valence-corrected chi connectivity index (χ2v) is 6.76. The van der Waals surface area contributed by atoms with Crippen molar-refractivity contribution in [3.63, 3.8) is 0 Å². The second-order valence-electron chi connectivity index (χ2n) is 5.56. The van der Waals surface area contributed by atoms with Gasteiger partial charge in [0, 0.05) is 22.1 Å². The zero-order chi connectivity index (χ0) is 18.7. The minimum atomic E-state index is 0.682. The van der Waals surface area contributed by atoms with E-state index in [9.17, 15) is 0 Å². The number of ether oxygens (including phenoxy) is 4. The van der Waals surface area contributed by atoms with E-state index in [1.165, 1.54) is 0 Å². The number of thiazole rings is 1. The molecule has 2 aromatic carbocycles. The summed E-state index contributed by atoms with van der Waals surface area (Å²) in [6, 6.07) is 11.5. The SMILES string of the molecule is COc1ccc(-c2nc(-c3ccc(OC)c(OC)c3)sc2C)c(OC)c1. The smallest absolute Gasteiger partial charge is 0.161 e. The van der Waals surface area contributed by atoms with E-state index in [-0.39, 0.29) is 0 Å². The summed E-state index contributed by atoms with van der Waals surface area (Å²) in [4.78, 5) is 5.96. The van der Waals surface area contributed by atoms with Gasteiger partial charge in [-0.1, -0.05) is 0 Å². The summed E-state index contributed by atoms with van der Waals surface area (Å²) in [7, 11) is 6.54. The van der Waals surface area contributed by atoms with E-state index in [1.54, 1.807) is 39.8 Å². The van der Waals surface area contributed by atoms with Crippen molar-refractivity contribution >= 4 is 11.3 Å². The van der Waals surface area contributed by atoms with Crippen LogP contribution in [0.5, 0.6) is 23.0 Å². The fraction of sp³-hybridized carbons (Fsp3) is 0.250. The molecule has 1 heterocycles. The Morgan fingerprint density at radius 2 is 1.50 bits per heavy atom. The maximum absolute atomic E-state index is 5.53. The van der Waals surface area contributed by atoms with E-state index < -0.39 is 0 Å². The molecule has 5 nitrogen and oxygen atoms in total. The Balaban J connectivity index is 2.05. The largest absolute Gasteiger partial charge is 0.497 e. The van der Waals surface area contributed by atoms with Gasteiger partial charge in [-0.15, -0.1) is 11.3 Å². The van der Waals surface area contributed by atoms with Crippen molar-refractivity contribution in [2.24, 2.45) is 0 Å². The normalized spacial score (nSPS) is 10.5. The zero-order valence-corrected chi connectivity index (χ0v) is 16.3. The standard InChI is InChI=1S/C20H21NO4S/c1-12-19(15-8-7-14(22-2)11-17(15)24-4)21-20(26-12)13-6-9-16(23-3)18(10-13)25-5/h6-11H,1-5H3. The molecule has 3 rings (SSSR count). The lowest BCUT2D eigenvalue weighted by atomic mass is 10.1. The molecule has 26 heavy (non-hydrogen) atoms. The van der Waals surface area contributed by atoms with E-state index in [0.717, 1.165) is 38.2 Å². The van der Waals surface area contributed by atoms with Crippen molar-refractivity contribution in [3.05, 3.63) is 41.3 Å². The van der Waals surface area contributed by atoms with Gasteiger partial charge in [-0.3, -0.25) is 0 Å². The van der Waals surface area contributed by atoms with Gasteiger partial charge in [0.15, 0.2) is 11.5 Å². The molecular formula is C20H21NO4S. The number of hydrogen-bond acceptors (Lipinski definition) is 6. The third-order valence-corrected chi connectivity index (χ3v) is 5.11. The van der Waals surface area contributed by atoms with Crippen LogP contribution in [0, 0.1) is 6.92 Å². The Morgan fingerprint density at radius 3 is 2.15 bits per heavy atom. The summed E-state index contributed by atoms with van der Waals surface area (Å²) in [6.07, 6.45) is 0. The molecule has 0 radical (unpaired) electrons. The van der Waals surface area contributed by atoms with E-state index in [4.69, 9.17) is 23.9 Å². The summed E-state index contributed by atoms with van der Waals surface area (Å²) in [5.41, 5.74) is 2.82. The van der Waals surface area contributed by atoms with Gasteiger partial charge in [0.05, 0.1) is 34.1 Å². The third-order valence-electron chi connectivity index (χ3n) is 4.09. The number of rotatable bonds is 6. The van der Waals surface area contributed by atoms with Gasteiger partial charge in [0.1, 0.15) is 16.5 Å². The molecule has 0 fully saturated rings. The molecule has 0 spiro atoms. The summed E-state index contributed by atoms with van der Waals surface area (Å²) < 4.78 is 21.5. The lowest BCUT2D eigenvalue weighted by Gasteiger charge is -2.09. The van der Waals surface area contributed by atoms with Crippen LogP contribution in [0.15, 0.2) is 36.4 Å². The summed E-state index contributed by atoms with van der Waals surface area (Å²) >= 11 is 1.63. The molecule has 0 unspecified atom stereocenters. The fourth-order valence-corrected chi connectivity index (χ4v) is 3.66. The van der Waals surface area contributed by atoms with Crippen LogP contribution in [-0.4, -0.2) is 33.4 Å². The molecule has 1 aromatic heterocycles. The Kier molecular flexibility index (Phi) is 5.32. The van der Waals surface area contributed by atoms with Crippen molar-refractivity contribution in [3.8, 4) is 44.8 Å². The molecule has 3 aromatic rings. The highest BCUT2D eigenvalue weighted by Crippen LogP contribution is 2.40. The van der Waals surface area contributed by atoms with Gasteiger partial charge in [-0.05, 0) is 37.3 Å². The van der Waals surface area contributed by atoms with Crippen LogP contribution in [0.25, 0.3) is 21.8 Å². The van der Waals surface area contributed by atoms with Crippen molar-refractivity contribution in [2.75, 3.05) is 28.4 Å². The van der Waals surface area contributed by atoms with Crippen LogP contribution in [-0.2, 0) is 0 Å². The molecule has 0 saturated heterocycles. The molecule has 0 atom stereocenters. The maximum Gasteiger partial charge on any atom is 0.161 e. The van der Waals surface area contributed by atoms with E-state index in [2.05, 4.69) is 6.92 Å². The molecule has 0 N–H and O–H groups in total.